The number of morpholine rings is 1. The van der Waals surface area contributed by atoms with Gasteiger partial charge < -0.3 is 14.6 Å². The van der Waals surface area contributed by atoms with Crippen molar-refractivity contribution in [1.29, 1.82) is 0 Å². The van der Waals surface area contributed by atoms with Crippen LogP contribution in [0.15, 0.2) is 30.6 Å². The molecule has 1 aliphatic heterocycles. The minimum atomic E-state index is -0.299. The second-order valence-corrected chi connectivity index (χ2v) is 6.25. The molecule has 7 nitrogen and oxygen atoms in total. The average molecular weight is 337 g/mol. The molecule has 4 rings (SSSR count). The summed E-state index contributed by atoms with van der Waals surface area (Å²) in [4.78, 5) is 30.8. The molecule has 1 N–H and O–H groups in total. The Morgan fingerprint density at radius 2 is 2.04 bits per heavy atom. The first-order valence-electron chi connectivity index (χ1n) is 8.26. The van der Waals surface area contributed by atoms with Crippen molar-refractivity contribution < 1.29 is 9.53 Å². The van der Waals surface area contributed by atoms with Crippen LogP contribution in [0.1, 0.15) is 33.7 Å². The van der Waals surface area contributed by atoms with Gasteiger partial charge in [0.15, 0.2) is 5.82 Å². The lowest BCUT2D eigenvalue weighted by Gasteiger charge is -2.32. The Bertz CT molecular complexity index is 916. The predicted octanol–water partition coefficient (Wildman–Crippen LogP) is 2.18. The molecule has 0 unspecified atom stereocenters. The number of nitrogens with one attached hydrogen (secondary N) is 1. The Morgan fingerprint density at radius 1 is 1.24 bits per heavy atom. The number of benzene rings is 1. The summed E-state index contributed by atoms with van der Waals surface area (Å²) < 4.78 is 5.81. The summed E-state index contributed by atoms with van der Waals surface area (Å²) in [6, 6.07) is 7.42. The number of hydrogen-bond donors (Lipinski definition) is 1. The molecule has 1 atom stereocenters. The number of ether oxygens (including phenoxy) is 1. The molecule has 1 aliphatic rings. The molecule has 7 heteroatoms. The summed E-state index contributed by atoms with van der Waals surface area (Å²) in [5, 5.41) is 0. The van der Waals surface area contributed by atoms with E-state index < -0.39 is 0 Å². The predicted molar refractivity (Wildman–Crippen MR) is 92.2 cm³/mol. The summed E-state index contributed by atoms with van der Waals surface area (Å²) >= 11 is 0. The van der Waals surface area contributed by atoms with E-state index in [4.69, 9.17) is 4.74 Å². The number of H-pyrrole nitrogens is 1. The van der Waals surface area contributed by atoms with Gasteiger partial charge in [-0.15, -0.1) is 0 Å². The van der Waals surface area contributed by atoms with E-state index in [2.05, 4.69) is 19.9 Å². The largest absolute Gasteiger partial charge is 0.367 e. The van der Waals surface area contributed by atoms with E-state index in [1.165, 1.54) is 0 Å². The summed E-state index contributed by atoms with van der Waals surface area (Å²) in [6.07, 6.45) is 1.33. The standard InChI is InChI=1S/C18H19N5O2/c1-11-7-12(2)22-17(21-11)16-9-23(5-6-25-16)18(24)13-3-4-14-15(8-13)20-10-19-14/h3-4,7-8,10,16H,5-6,9H2,1-2H3,(H,19,20)/t16-/m0/s1. The molecule has 1 aromatic carbocycles. The molecule has 2 aromatic heterocycles. The first-order chi connectivity index (χ1) is 12.1. The summed E-state index contributed by atoms with van der Waals surface area (Å²) in [5.74, 6) is 0.619. The molecule has 1 saturated heterocycles. The highest BCUT2D eigenvalue weighted by atomic mass is 16.5. The lowest BCUT2D eigenvalue weighted by Crippen LogP contribution is -2.42. The second-order valence-electron chi connectivity index (χ2n) is 6.25. The molecule has 1 amide bonds. The van der Waals surface area contributed by atoms with Gasteiger partial charge in [-0.25, -0.2) is 15.0 Å². The molecular formula is C18H19N5O2. The average Bonchev–Trinajstić information content (AvgIpc) is 3.08. The van der Waals surface area contributed by atoms with Crippen molar-refractivity contribution in [1.82, 2.24) is 24.8 Å². The highest BCUT2D eigenvalue weighted by Crippen LogP contribution is 2.22. The fraction of sp³-hybridized carbons (Fsp3) is 0.333. The van der Waals surface area contributed by atoms with Gasteiger partial charge in [-0.2, -0.15) is 0 Å². The van der Waals surface area contributed by atoms with Crippen LogP contribution in [0.3, 0.4) is 0 Å². The lowest BCUT2D eigenvalue weighted by atomic mass is 10.1. The van der Waals surface area contributed by atoms with Crippen LogP contribution in [0.5, 0.6) is 0 Å². The van der Waals surface area contributed by atoms with Crippen LogP contribution in [-0.2, 0) is 4.74 Å². The minimum Gasteiger partial charge on any atom is -0.367 e. The van der Waals surface area contributed by atoms with E-state index in [0.717, 1.165) is 22.4 Å². The Hall–Kier alpha value is -2.80. The van der Waals surface area contributed by atoms with Gasteiger partial charge in [0, 0.05) is 23.5 Å². The van der Waals surface area contributed by atoms with Gasteiger partial charge >= 0.3 is 0 Å². The summed E-state index contributed by atoms with van der Waals surface area (Å²) in [6.45, 7) is 5.34. The second kappa shape index (κ2) is 6.25. The third-order valence-electron chi connectivity index (χ3n) is 4.31. The van der Waals surface area contributed by atoms with Gasteiger partial charge in [0.25, 0.3) is 5.91 Å². The number of hydrogen-bond acceptors (Lipinski definition) is 5. The van der Waals surface area contributed by atoms with E-state index in [1.54, 1.807) is 11.2 Å². The van der Waals surface area contributed by atoms with Gasteiger partial charge in [0.1, 0.15) is 6.10 Å². The van der Waals surface area contributed by atoms with Crippen LogP contribution in [0.2, 0.25) is 0 Å². The molecule has 128 valence electrons. The number of nitrogens with zero attached hydrogens (tertiary/aromatic N) is 4. The highest BCUT2D eigenvalue weighted by Gasteiger charge is 2.28. The molecule has 25 heavy (non-hydrogen) atoms. The Kier molecular flexibility index (Phi) is 3.93. The normalized spacial score (nSPS) is 17.8. The molecule has 0 aliphatic carbocycles. The molecule has 3 heterocycles. The number of aryl methyl sites for hydroxylation is 2. The monoisotopic (exact) mass is 337 g/mol. The SMILES string of the molecule is Cc1cc(C)nc([C@@H]2CN(C(=O)c3ccc4nc[nH]c4c3)CCO2)n1. The van der Waals surface area contributed by atoms with E-state index in [1.807, 2.05) is 38.1 Å². The van der Waals surface area contributed by atoms with Crippen LogP contribution in [0, 0.1) is 13.8 Å². The lowest BCUT2D eigenvalue weighted by molar-refractivity contribution is -0.0269. The minimum absolute atomic E-state index is 0.0193. The number of fused-ring (bicyclic) bond motifs is 1. The van der Waals surface area contributed by atoms with E-state index in [0.29, 0.717) is 31.1 Å². The number of carbonyl (C=O) groups excluding carboxylic acids is 1. The highest BCUT2D eigenvalue weighted by molar-refractivity contribution is 5.97. The van der Waals surface area contributed by atoms with Crippen LogP contribution >= 0.6 is 0 Å². The van der Waals surface area contributed by atoms with Crippen LogP contribution < -0.4 is 0 Å². The number of aromatic amines is 1. The van der Waals surface area contributed by atoms with Crippen molar-refractivity contribution in [3.05, 3.63) is 53.4 Å². The Morgan fingerprint density at radius 3 is 2.84 bits per heavy atom. The summed E-state index contributed by atoms with van der Waals surface area (Å²) in [7, 11) is 0. The van der Waals surface area contributed by atoms with Gasteiger partial charge in [0.2, 0.25) is 0 Å². The van der Waals surface area contributed by atoms with Crippen LogP contribution in [0.25, 0.3) is 11.0 Å². The van der Waals surface area contributed by atoms with Crippen molar-refractivity contribution in [3.8, 4) is 0 Å². The Labute approximate surface area is 145 Å². The zero-order chi connectivity index (χ0) is 17.4. The maximum absolute atomic E-state index is 12.9. The molecule has 0 spiro atoms. The van der Waals surface area contributed by atoms with Crippen molar-refractivity contribution in [2.45, 2.75) is 20.0 Å². The smallest absolute Gasteiger partial charge is 0.254 e. The third-order valence-corrected chi connectivity index (χ3v) is 4.31. The molecule has 1 fully saturated rings. The van der Waals surface area contributed by atoms with Crippen molar-refractivity contribution in [2.75, 3.05) is 19.7 Å². The zero-order valence-electron chi connectivity index (χ0n) is 14.2. The van der Waals surface area contributed by atoms with E-state index in [9.17, 15) is 4.79 Å². The molecule has 0 radical (unpaired) electrons. The first kappa shape index (κ1) is 15.7. The maximum Gasteiger partial charge on any atom is 0.254 e. The molecule has 0 saturated carbocycles. The molecule has 3 aromatic rings. The fourth-order valence-electron chi connectivity index (χ4n) is 3.14. The van der Waals surface area contributed by atoms with Gasteiger partial charge in [-0.05, 0) is 38.1 Å². The number of amides is 1. The molecular weight excluding hydrogens is 318 g/mol. The number of imidazole rings is 1. The van der Waals surface area contributed by atoms with Crippen molar-refractivity contribution in [3.63, 3.8) is 0 Å². The number of rotatable bonds is 2. The number of aromatic nitrogens is 4. The molecule has 0 bridgehead atoms. The van der Waals surface area contributed by atoms with Gasteiger partial charge in [-0.3, -0.25) is 4.79 Å². The summed E-state index contributed by atoms with van der Waals surface area (Å²) in [5.41, 5.74) is 4.14. The first-order valence-corrected chi connectivity index (χ1v) is 8.26. The number of carbonyl (C=O) groups is 1. The third kappa shape index (κ3) is 3.10. The maximum atomic E-state index is 12.9. The van der Waals surface area contributed by atoms with E-state index in [-0.39, 0.29) is 12.0 Å². The van der Waals surface area contributed by atoms with Gasteiger partial charge in [-0.1, -0.05) is 0 Å². The van der Waals surface area contributed by atoms with Crippen molar-refractivity contribution >= 4 is 16.9 Å². The van der Waals surface area contributed by atoms with Gasteiger partial charge in [0.05, 0.1) is 30.5 Å². The van der Waals surface area contributed by atoms with Crippen LogP contribution in [0.4, 0.5) is 0 Å². The van der Waals surface area contributed by atoms with Crippen molar-refractivity contribution in [2.24, 2.45) is 0 Å². The quantitative estimate of drug-likeness (QED) is 0.775. The van der Waals surface area contributed by atoms with Crippen LogP contribution in [-0.4, -0.2) is 50.4 Å². The zero-order valence-corrected chi connectivity index (χ0v) is 14.2. The Balaban J connectivity index is 1.56. The topological polar surface area (TPSA) is 84.0 Å². The van der Waals surface area contributed by atoms with E-state index >= 15 is 0 Å². The fourth-order valence-corrected chi connectivity index (χ4v) is 3.14.